The summed E-state index contributed by atoms with van der Waals surface area (Å²) in [6.45, 7) is 0. The van der Waals surface area contributed by atoms with Crippen LogP contribution in [0, 0.1) is 0 Å². The van der Waals surface area contributed by atoms with Crippen molar-refractivity contribution in [3.8, 4) is 0 Å². The van der Waals surface area contributed by atoms with Crippen molar-refractivity contribution in [2.75, 3.05) is 5.32 Å². The zero-order valence-electron chi connectivity index (χ0n) is 12.3. The highest BCUT2D eigenvalue weighted by Gasteiger charge is 2.09. The maximum Gasteiger partial charge on any atom is 0.301 e. The van der Waals surface area contributed by atoms with E-state index in [1.807, 2.05) is 54.6 Å². The summed E-state index contributed by atoms with van der Waals surface area (Å²) in [4.78, 5) is 16.0. The number of aromatic nitrogens is 1. The normalized spacial score (nSPS) is 10.5. The molecule has 3 rings (SSSR count). The molecule has 5 heteroatoms. The number of carbonyl (C=O) groups is 1. The molecule has 0 bridgehead atoms. The van der Waals surface area contributed by atoms with Crippen molar-refractivity contribution in [2.24, 2.45) is 0 Å². The fraction of sp³-hybridized carbons (Fsp3) is 0.111. The Kier molecular flexibility index (Phi) is 4.74. The van der Waals surface area contributed by atoms with Gasteiger partial charge in [0, 0.05) is 11.4 Å². The molecule has 0 saturated heterocycles. The van der Waals surface area contributed by atoms with Gasteiger partial charge in [0.05, 0.1) is 12.6 Å². The van der Waals surface area contributed by atoms with Crippen LogP contribution in [0.2, 0.25) is 5.02 Å². The molecule has 1 N–H and O–H groups in total. The average molecular weight is 327 g/mol. The Morgan fingerprint density at radius 3 is 2.52 bits per heavy atom. The van der Waals surface area contributed by atoms with Crippen LogP contribution in [0.25, 0.3) is 0 Å². The van der Waals surface area contributed by atoms with E-state index in [1.165, 1.54) is 0 Å². The molecular formula is C18H15ClN2O2. The molecule has 0 unspecified atom stereocenters. The van der Waals surface area contributed by atoms with Crippen LogP contribution in [0.1, 0.15) is 16.9 Å². The number of nitrogens with zero attached hydrogens (tertiary/aromatic N) is 1. The van der Waals surface area contributed by atoms with Crippen LogP contribution in [0.3, 0.4) is 0 Å². The lowest BCUT2D eigenvalue weighted by Crippen LogP contribution is -2.14. The Hall–Kier alpha value is -2.59. The number of oxazole rings is 1. The first-order valence-electron chi connectivity index (χ1n) is 7.22. The van der Waals surface area contributed by atoms with Crippen LogP contribution < -0.4 is 5.32 Å². The molecule has 0 fully saturated rings. The smallest absolute Gasteiger partial charge is 0.301 e. The highest BCUT2D eigenvalue weighted by atomic mass is 35.5. The Labute approximate surface area is 139 Å². The van der Waals surface area contributed by atoms with Crippen molar-refractivity contribution in [3.05, 3.63) is 82.7 Å². The fourth-order valence-electron chi connectivity index (χ4n) is 2.20. The summed E-state index contributed by atoms with van der Waals surface area (Å²) < 4.78 is 5.55. The van der Waals surface area contributed by atoms with Crippen molar-refractivity contribution < 1.29 is 9.21 Å². The molecule has 1 heterocycles. The third-order valence-corrected chi connectivity index (χ3v) is 3.55. The Morgan fingerprint density at radius 2 is 1.78 bits per heavy atom. The first-order valence-corrected chi connectivity index (χ1v) is 7.60. The van der Waals surface area contributed by atoms with E-state index in [0.29, 0.717) is 17.2 Å². The highest BCUT2D eigenvalue weighted by molar-refractivity contribution is 6.30. The van der Waals surface area contributed by atoms with Crippen molar-refractivity contribution >= 4 is 23.5 Å². The summed E-state index contributed by atoms with van der Waals surface area (Å²) >= 11 is 5.86. The van der Waals surface area contributed by atoms with E-state index in [1.54, 1.807) is 6.20 Å². The van der Waals surface area contributed by atoms with Gasteiger partial charge in [0.2, 0.25) is 5.91 Å². The number of benzene rings is 2. The molecule has 0 saturated carbocycles. The lowest BCUT2D eigenvalue weighted by Gasteiger charge is -2.01. The molecule has 2 aromatic carbocycles. The van der Waals surface area contributed by atoms with E-state index < -0.39 is 0 Å². The highest BCUT2D eigenvalue weighted by Crippen LogP contribution is 2.16. The molecule has 0 atom stereocenters. The summed E-state index contributed by atoms with van der Waals surface area (Å²) in [6.07, 6.45) is 2.50. The van der Waals surface area contributed by atoms with Crippen molar-refractivity contribution in [2.45, 2.75) is 12.8 Å². The molecule has 0 radical (unpaired) electrons. The van der Waals surface area contributed by atoms with Gasteiger partial charge in [0.25, 0.3) is 0 Å². The van der Waals surface area contributed by atoms with Crippen LogP contribution in [-0.2, 0) is 17.6 Å². The number of rotatable bonds is 5. The molecular weight excluding hydrogens is 312 g/mol. The van der Waals surface area contributed by atoms with E-state index in [0.717, 1.165) is 11.1 Å². The standard InChI is InChI=1S/C18H15ClN2O2/c19-15-8-6-14(7-9-15)10-16-12-20-18(23-16)21-17(22)11-13-4-2-1-3-5-13/h1-9,12H,10-11H2,(H,20,21,22). The van der Waals surface area contributed by atoms with Gasteiger partial charge in [0.1, 0.15) is 5.76 Å². The fourth-order valence-corrected chi connectivity index (χ4v) is 2.32. The predicted molar refractivity (Wildman–Crippen MR) is 89.5 cm³/mol. The molecule has 1 aromatic heterocycles. The molecule has 23 heavy (non-hydrogen) atoms. The van der Waals surface area contributed by atoms with Gasteiger partial charge in [-0.3, -0.25) is 10.1 Å². The maximum atomic E-state index is 12.0. The van der Waals surface area contributed by atoms with Gasteiger partial charge in [0.15, 0.2) is 0 Å². The lowest BCUT2D eigenvalue weighted by atomic mass is 10.1. The molecule has 0 aliphatic carbocycles. The average Bonchev–Trinajstić information content (AvgIpc) is 2.97. The number of anilines is 1. The van der Waals surface area contributed by atoms with E-state index in [2.05, 4.69) is 10.3 Å². The quantitative estimate of drug-likeness (QED) is 0.768. The minimum absolute atomic E-state index is 0.156. The first-order chi connectivity index (χ1) is 11.2. The molecule has 0 spiro atoms. The van der Waals surface area contributed by atoms with E-state index in [9.17, 15) is 4.79 Å². The van der Waals surface area contributed by atoms with Crippen LogP contribution in [0.5, 0.6) is 0 Å². The van der Waals surface area contributed by atoms with Gasteiger partial charge in [-0.25, -0.2) is 4.98 Å². The summed E-state index contributed by atoms with van der Waals surface area (Å²) in [5.74, 6) is 0.526. The number of amides is 1. The van der Waals surface area contributed by atoms with Gasteiger partial charge in [-0.05, 0) is 23.3 Å². The molecule has 3 aromatic rings. The van der Waals surface area contributed by atoms with Gasteiger partial charge in [-0.2, -0.15) is 0 Å². The van der Waals surface area contributed by atoms with Crippen LogP contribution in [-0.4, -0.2) is 10.9 Å². The summed E-state index contributed by atoms with van der Waals surface area (Å²) in [6, 6.07) is 17.3. The van der Waals surface area contributed by atoms with Crippen LogP contribution in [0.15, 0.2) is 65.2 Å². The molecule has 4 nitrogen and oxygen atoms in total. The summed E-state index contributed by atoms with van der Waals surface area (Å²) in [5, 5.41) is 3.36. The second-order valence-electron chi connectivity index (χ2n) is 5.15. The van der Waals surface area contributed by atoms with E-state index >= 15 is 0 Å². The zero-order chi connectivity index (χ0) is 16.1. The van der Waals surface area contributed by atoms with Gasteiger partial charge in [-0.15, -0.1) is 0 Å². The zero-order valence-corrected chi connectivity index (χ0v) is 13.1. The van der Waals surface area contributed by atoms with E-state index in [4.69, 9.17) is 16.0 Å². The van der Waals surface area contributed by atoms with Crippen molar-refractivity contribution in [1.29, 1.82) is 0 Å². The minimum Gasteiger partial charge on any atom is -0.428 e. The largest absolute Gasteiger partial charge is 0.428 e. The number of halogens is 1. The minimum atomic E-state index is -0.156. The lowest BCUT2D eigenvalue weighted by molar-refractivity contribution is -0.115. The molecule has 0 aliphatic rings. The number of hydrogen-bond acceptors (Lipinski definition) is 3. The third kappa shape index (κ3) is 4.44. The first kappa shape index (κ1) is 15.3. The summed E-state index contributed by atoms with van der Waals surface area (Å²) in [5.41, 5.74) is 2.01. The maximum absolute atomic E-state index is 12.0. The SMILES string of the molecule is O=C(Cc1ccccc1)Nc1ncc(Cc2ccc(Cl)cc2)o1. The second kappa shape index (κ2) is 7.11. The Morgan fingerprint density at radius 1 is 1.04 bits per heavy atom. The van der Waals surface area contributed by atoms with Gasteiger partial charge in [-0.1, -0.05) is 54.1 Å². The van der Waals surface area contributed by atoms with Crippen LogP contribution in [0.4, 0.5) is 6.01 Å². The molecule has 1 amide bonds. The van der Waals surface area contributed by atoms with Crippen molar-refractivity contribution in [1.82, 2.24) is 4.98 Å². The summed E-state index contributed by atoms with van der Waals surface area (Å²) in [7, 11) is 0. The van der Waals surface area contributed by atoms with E-state index in [-0.39, 0.29) is 18.3 Å². The van der Waals surface area contributed by atoms with Gasteiger partial charge < -0.3 is 4.42 Å². The Bertz CT molecular complexity index is 782. The Balaban J connectivity index is 1.58. The third-order valence-electron chi connectivity index (χ3n) is 3.30. The van der Waals surface area contributed by atoms with Crippen LogP contribution >= 0.6 is 11.6 Å². The monoisotopic (exact) mass is 326 g/mol. The molecule has 0 aliphatic heterocycles. The number of nitrogens with one attached hydrogen (secondary N) is 1. The predicted octanol–water partition coefficient (Wildman–Crippen LogP) is 4.10. The second-order valence-corrected chi connectivity index (χ2v) is 5.58. The van der Waals surface area contributed by atoms with Crippen molar-refractivity contribution in [3.63, 3.8) is 0 Å². The molecule has 116 valence electrons. The number of hydrogen-bond donors (Lipinski definition) is 1. The van der Waals surface area contributed by atoms with Gasteiger partial charge >= 0.3 is 6.01 Å². The number of carbonyl (C=O) groups excluding carboxylic acids is 1. The topological polar surface area (TPSA) is 55.1 Å².